The number of carboxylic acid groups (broad SMARTS) is 1. The molecule has 0 aliphatic carbocycles. The molecular weight excluding hydrogens is 442 g/mol. The number of unbranched alkanes of at least 4 members (excludes halogenated alkanes) is 1. The van der Waals surface area contributed by atoms with Crippen LogP contribution in [0.25, 0.3) is 10.9 Å². The molecule has 1 fully saturated rings. The number of pyridine rings is 2. The molecule has 7 nitrogen and oxygen atoms in total. The molecular formula is C28H35N3O4. The molecule has 1 aliphatic rings. The third-order valence-corrected chi connectivity index (χ3v) is 7.19. The molecule has 0 amide bonds. The fraction of sp³-hybridized carbons (Fsp3) is 0.464. The predicted molar refractivity (Wildman–Crippen MR) is 135 cm³/mol. The topological polar surface area (TPSA) is 95.8 Å². The number of methoxy groups -OCH3 is 1. The van der Waals surface area contributed by atoms with Crippen LogP contribution in [-0.4, -0.2) is 57.8 Å². The molecule has 0 spiro atoms. The van der Waals surface area contributed by atoms with Gasteiger partial charge in [-0.1, -0.05) is 6.07 Å². The molecule has 186 valence electrons. The van der Waals surface area contributed by atoms with Gasteiger partial charge in [0.1, 0.15) is 5.75 Å². The number of aliphatic hydroxyl groups excluding tert-OH is 1. The van der Waals surface area contributed by atoms with Crippen LogP contribution in [0.1, 0.15) is 49.5 Å². The number of aliphatic carboxylic acids is 1. The van der Waals surface area contributed by atoms with Crippen molar-refractivity contribution in [1.29, 1.82) is 0 Å². The number of aliphatic hydroxyl groups is 1. The van der Waals surface area contributed by atoms with Crippen LogP contribution in [-0.2, 0) is 11.2 Å². The molecule has 7 heteroatoms. The van der Waals surface area contributed by atoms with E-state index in [2.05, 4.69) is 14.9 Å². The Hall–Kier alpha value is -3.03. The number of likely N-dealkylation sites (tertiary alicyclic amines) is 1. The molecule has 4 rings (SSSR count). The van der Waals surface area contributed by atoms with Crippen LogP contribution in [0.3, 0.4) is 0 Å². The molecule has 0 unspecified atom stereocenters. The van der Waals surface area contributed by atoms with Crippen LogP contribution < -0.4 is 4.74 Å². The van der Waals surface area contributed by atoms with Crippen molar-refractivity contribution in [3.8, 4) is 5.75 Å². The Morgan fingerprint density at radius 3 is 2.83 bits per heavy atom. The Balaban J connectivity index is 1.30. The first-order valence-corrected chi connectivity index (χ1v) is 12.5. The molecule has 3 heterocycles. The van der Waals surface area contributed by atoms with E-state index in [0.29, 0.717) is 19.4 Å². The van der Waals surface area contributed by atoms with E-state index in [1.54, 1.807) is 13.3 Å². The molecule has 1 aromatic carbocycles. The van der Waals surface area contributed by atoms with E-state index in [4.69, 9.17) is 4.74 Å². The molecule has 3 atom stereocenters. The summed E-state index contributed by atoms with van der Waals surface area (Å²) < 4.78 is 5.34. The van der Waals surface area contributed by atoms with Gasteiger partial charge < -0.3 is 19.8 Å². The maximum Gasteiger partial charge on any atom is 0.308 e. The summed E-state index contributed by atoms with van der Waals surface area (Å²) in [5.74, 6) is -0.352. The van der Waals surface area contributed by atoms with Gasteiger partial charge in [-0.05, 0) is 99.5 Å². The molecule has 2 N–H and O–H groups in total. The number of carboxylic acids is 1. The molecule has 3 aromatic rings. The summed E-state index contributed by atoms with van der Waals surface area (Å²) in [6.07, 6.45) is 7.93. The zero-order valence-corrected chi connectivity index (χ0v) is 20.3. The smallest absolute Gasteiger partial charge is 0.308 e. The molecule has 0 bridgehead atoms. The van der Waals surface area contributed by atoms with Gasteiger partial charge in [0.25, 0.3) is 0 Å². The minimum Gasteiger partial charge on any atom is -0.497 e. The Bertz CT molecular complexity index is 1110. The fourth-order valence-corrected chi connectivity index (χ4v) is 5.18. The number of fused-ring (bicyclic) bond motifs is 1. The molecule has 2 aromatic heterocycles. The van der Waals surface area contributed by atoms with Gasteiger partial charge in [-0.25, -0.2) is 0 Å². The first kappa shape index (κ1) is 25.1. The third-order valence-electron chi connectivity index (χ3n) is 7.19. The Morgan fingerprint density at radius 1 is 1.17 bits per heavy atom. The number of nitrogens with zero attached hydrogens (tertiary/aromatic N) is 3. The van der Waals surface area contributed by atoms with Gasteiger partial charge in [0, 0.05) is 30.0 Å². The van der Waals surface area contributed by atoms with Crippen molar-refractivity contribution in [2.45, 2.75) is 44.6 Å². The molecule has 35 heavy (non-hydrogen) atoms. The van der Waals surface area contributed by atoms with Crippen LogP contribution in [0.5, 0.6) is 5.75 Å². The summed E-state index contributed by atoms with van der Waals surface area (Å²) in [4.78, 5) is 23.1. The number of benzene rings is 1. The van der Waals surface area contributed by atoms with Crippen molar-refractivity contribution >= 4 is 16.9 Å². The average Bonchev–Trinajstić information content (AvgIpc) is 2.89. The molecule has 0 saturated carbocycles. The first-order valence-electron chi connectivity index (χ1n) is 12.5. The van der Waals surface area contributed by atoms with Crippen LogP contribution in [0.15, 0.2) is 54.9 Å². The van der Waals surface area contributed by atoms with Crippen LogP contribution in [0.4, 0.5) is 0 Å². The van der Waals surface area contributed by atoms with E-state index in [1.165, 1.54) is 0 Å². The summed E-state index contributed by atoms with van der Waals surface area (Å²) in [5, 5.41) is 21.8. The van der Waals surface area contributed by atoms with Crippen molar-refractivity contribution in [2.75, 3.05) is 26.7 Å². The first-order chi connectivity index (χ1) is 17.0. The summed E-state index contributed by atoms with van der Waals surface area (Å²) in [5.41, 5.74) is 2.72. The Kier molecular flexibility index (Phi) is 8.66. The molecule has 1 aliphatic heterocycles. The van der Waals surface area contributed by atoms with Gasteiger partial charge in [-0.2, -0.15) is 0 Å². The van der Waals surface area contributed by atoms with Crippen LogP contribution in [0, 0.1) is 11.8 Å². The van der Waals surface area contributed by atoms with Gasteiger partial charge in [0.2, 0.25) is 0 Å². The Morgan fingerprint density at radius 2 is 2.06 bits per heavy atom. The lowest BCUT2D eigenvalue weighted by atomic mass is 9.81. The zero-order valence-electron chi connectivity index (χ0n) is 20.3. The highest BCUT2D eigenvalue weighted by atomic mass is 16.5. The molecule has 0 radical (unpaired) electrons. The second-order valence-corrected chi connectivity index (χ2v) is 9.45. The minimum absolute atomic E-state index is 0.0644. The predicted octanol–water partition coefficient (Wildman–Crippen LogP) is 4.50. The SMILES string of the molecule is COc1ccc2nccc([C@H](O)CC[C@@H]3CCN(CCCCc4ccccn4)C[C@@H]3C(=O)O)c2c1. The van der Waals surface area contributed by atoms with Crippen molar-refractivity contribution in [2.24, 2.45) is 11.8 Å². The number of piperidine rings is 1. The fourth-order valence-electron chi connectivity index (χ4n) is 5.18. The number of carbonyl (C=O) groups is 1. The second-order valence-electron chi connectivity index (χ2n) is 9.45. The van der Waals surface area contributed by atoms with Gasteiger partial charge in [0.05, 0.1) is 24.6 Å². The van der Waals surface area contributed by atoms with E-state index in [-0.39, 0.29) is 5.92 Å². The third kappa shape index (κ3) is 6.55. The maximum atomic E-state index is 12.1. The number of aryl methyl sites for hydroxylation is 1. The van der Waals surface area contributed by atoms with Crippen molar-refractivity contribution in [3.63, 3.8) is 0 Å². The summed E-state index contributed by atoms with van der Waals surface area (Å²) in [6, 6.07) is 13.5. The lowest BCUT2D eigenvalue weighted by molar-refractivity contribution is -0.146. The summed E-state index contributed by atoms with van der Waals surface area (Å²) in [7, 11) is 1.62. The maximum absolute atomic E-state index is 12.1. The highest BCUT2D eigenvalue weighted by molar-refractivity contribution is 5.83. The molecule has 1 saturated heterocycles. The van der Waals surface area contributed by atoms with E-state index >= 15 is 0 Å². The van der Waals surface area contributed by atoms with Gasteiger partial charge in [0.15, 0.2) is 0 Å². The lowest BCUT2D eigenvalue weighted by Crippen LogP contribution is -2.44. The van der Waals surface area contributed by atoms with E-state index < -0.39 is 18.0 Å². The summed E-state index contributed by atoms with van der Waals surface area (Å²) in [6.45, 7) is 2.40. The van der Waals surface area contributed by atoms with Crippen LogP contribution in [0.2, 0.25) is 0 Å². The van der Waals surface area contributed by atoms with Crippen molar-refractivity contribution in [3.05, 3.63) is 66.1 Å². The van der Waals surface area contributed by atoms with Gasteiger partial charge in [-0.15, -0.1) is 0 Å². The number of rotatable bonds is 11. The van der Waals surface area contributed by atoms with E-state index in [0.717, 1.165) is 66.7 Å². The standard InChI is InChI=1S/C28H35N3O4/c1-35-22-9-10-26-24(18-22)23(12-15-30-26)27(32)11-8-20-13-17-31(19-25(20)28(33)34)16-5-3-7-21-6-2-4-14-29-21/h2,4,6,9-10,12,14-15,18,20,25,27,32H,3,5,7-8,11,13,16-17,19H2,1H3,(H,33,34)/t20-,25+,27-/m1/s1. The van der Waals surface area contributed by atoms with Crippen LogP contribution >= 0.6 is 0 Å². The average molecular weight is 478 g/mol. The normalized spacial score (nSPS) is 19.5. The second kappa shape index (κ2) is 12.1. The monoisotopic (exact) mass is 477 g/mol. The quantitative estimate of drug-likeness (QED) is 0.393. The van der Waals surface area contributed by atoms with Gasteiger partial charge >= 0.3 is 5.97 Å². The van der Waals surface area contributed by atoms with Crippen molar-refractivity contribution < 1.29 is 19.7 Å². The highest BCUT2D eigenvalue weighted by Gasteiger charge is 2.34. The number of hydrogen-bond donors (Lipinski definition) is 2. The number of ether oxygens (including phenoxy) is 1. The van der Waals surface area contributed by atoms with Gasteiger partial charge in [-0.3, -0.25) is 14.8 Å². The minimum atomic E-state index is -0.734. The lowest BCUT2D eigenvalue weighted by Gasteiger charge is -2.37. The van der Waals surface area contributed by atoms with E-state index in [1.807, 2.05) is 48.7 Å². The van der Waals surface area contributed by atoms with E-state index in [9.17, 15) is 15.0 Å². The largest absolute Gasteiger partial charge is 0.497 e. The highest BCUT2D eigenvalue weighted by Crippen LogP contribution is 2.33. The van der Waals surface area contributed by atoms with Crippen molar-refractivity contribution in [1.82, 2.24) is 14.9 Å². The summed E-state index contributed by atoms with van der Waals surface area (Å²) >= 11 is 0. The Labute approximate surface area is 206 Å². The zero-order chi connectivity index (χ0) is 24.6. The number of aromatic nitrogens is 2. The number of hydrogen-bond acceptors (Lipinski definition) is 6.